The first kappa shape index (κ1) is 14.6. The maximum atomic E-state index is 12.8. The van der Waals surface area contributed by atoms with E-state index in [1.807, 2.05) is 24.3 Å². The van der Waals surface area contributed by atoms with Gasteiger partial charge in [0.15, 0.2) is 5.16 Å². The lowest BCUT2D eigenvalue weighted by Gasteiger charge is -2.10. The van der Waals surface area contributed by atoms with Crippen LogP contribution in [0.3, 0.4) is 0 Å². The van der Waals surface area contributed by atoms with Gasteiger partial charge in [-0.3, -0.25) is 4.79 Å². The molecule has 112 valence electrons. The third-order valence-corrected chi connectivity index (χ3v) is 4.12. The van der Waals surface area contributed by atoms with Gasteiger partial charge in [0.2, 0.25) is 5.91 Å². The topological polar surface area (TPSA) is 57.8 Å². The summed E-state index contributed by atoms with van der Waals surface area (Å²) in [5.41, 5.74) is 2.38. The number of hydrogen-bond acceptors (Lipinski definition) is 3. The van der Waals surface area contributed by atoms with E-state index in [9.17, 15) is 9.18 Å². The van der Waals surface area contributed by atoms with Crippen LogP contribution in [0.4, 0.5) is 10.1 Å². The van der Waals surface area contributed by atoms with Gasteiger partial charge in [-0.15, -0.1) is 0 Å². The molecule has 1 aromatic heterocycles. The summed E-state index contributed by atoms with van der Waals surface area (Å²) in [7, 11) is 0. The molecule has 0 bridgehead atoms. The van der Waals surface area contributed by atoms with E-state index >= 15 is 0 Å². The molecule has 0 fully saturated rings. The highest BCUT2D eigenvalue weighted by atomic mass is 32.2. The van der Waals surface area contributed by atoms with E-state index in [1.54, 1.807) is 6.92 Å². The van der Waals surface area contributed by atoms with Crippen molar-refractivity contribution in [3.8, 4) is 0 Å². The number of nitrogens with one attached hydrogen (secondary N) is 2. The molecule has 2 aromatic carbocycles. The second-order valence-electron chi connectivity index (χ2n) is 4.82. The van der Waals surface area contributed by atoms with Gasteiger partial charge in [0, 0.05) is 5.69 Å². The summed E-state index contributed by atoms with van der Waals surface area (Å²) in [5, 5.41) is 3.12. The number of amides is 1. The molecule has 0 spiro atoms. The predicted molar refractivity (Wildman–Crippen MR) is 86.4 cm³/mol. The number of rotatable bonds is 4. The number of hydrogen-bond donors (Lipinski definition) is 2. The van der Waals surface area contributed by atoms with Crippen molar-refractivity contribution in [1.29, 1.82) is 0 Å². The SMILES string of the molecule is C[C@@H](Sc1nc2ccccc2[nH]1)C(=O)Nc1ccc(F)cc1. The van der Waals surface area contributed by atoms with Gasteiger partial charge in [-0.1, -0.05) is 23.9 Å². The lowest BCUT2D eigenvalue weighted by atomic mass is 10.3. The van der Waals surface area contributed by atoms with E-state index < -0.39 is 0 Å². The number of fused-ring (bicyclic) bond motifs is 1. The van der Waals surface area contributed by atoms with E-state index in [1.165, 1.54) is 36.0 Å². The standard InChI is InChI=1S/C16H14FN3OS/c1-10(15(21)18-12-8-6-11(17)7-9-12)22-16-19-13-4-2-3-5-14(13)20-16/h2-10H,1H3,(H,18,21)(H,19,20)/t10-/m1/s1. The highest BCUT2D eigenvalue weighted by molar-refractivity contribution is 8.00. The second kappa shape index (κ2) is 6.19. The molecular formula is C16H14FN3OS. The fourth-order valence-corrected chi connectivity index (χ4v) is 2.80. The van der Waals surface area contributed by atoms with Crippen LogP contribution in [-0.2, 0) is 4.79 Å². The molecule has 3 aromatic rings. The van der Waals surface area contributed by atoms with Gasteiger partial charge in [0.25, 0.3) is 0 Å². The molecular weight excluding hydrogens is 301 g/mol. The van der Waals surface area contributed by atoms with Crippen LogP contribution in [0.2, 0.25) is 0 Å². The number of anilines is 1. The first-order valence-electron chi connectivity index (χ1n) is 6.79. The van der Waals surface area contributed by atoms with Gasteiger partial charge < -0.3 is 10.3 Å². The highest BCUT2D eigenvalue weighted by Crippen LogP contribution is 2.24. The van der Waals surface area contributed by atoms with Crippen LogP contribution in [0.5, 0.6) is 0 Å². The van der Waals surface area contributed by atoms with Gasteiger partial charge in [-0.05, 0) is 43.3 Å². The lowest BCUT2D eigenvalue weighted by Crippen LogP contribution is -2.22. The molecule has 22 heavy (non-hydrogen) atoms. The fourth-order valence-electron chi connectivity index (χ4n) is 1.98. The molecule has 2 N–H and O–H groups in total. The molecule has 0 saturated carbocycles. The average molecular weight is 315 g/mol. The number of H-pyrrole nitrogens is 1. The van der Waals surface area contributed by atoms with Crippen LogP contribution >= 0.6 is 11.8 Å². The summed E-state index contributed by atoms with van der Waals surface area (Å²) < 4.78 is 12.8. The summed E-state index contributed by atoms with van der Waals surface area (Å²) >= 11 is 1.35. The van der Waals surface area contributed by atoms with Crippen LogP contribution in [-0.4, -0.2) is 21.1 Å². The molecule has 1 amide bonds. The zero-order valence-electron chi connectivity index (χ0n) is 11.8. The molecule has 0 unspecified atom stereocenters. The van der Waals surface area contributed by atoms with Crippen molar-refractivity contribution in [3.63, 3.8) is 0 Å². The van der Waals surface area contributed by atoms with Crippen molar-refractivity contribution in [1.82, 2.24) is 9.97 Å². The van der Waals surface area contributed by atoms with E-state index in [0.717, 1.165) is 11.0 Å². The number of aromatic amines is 1. The molecule has 0 radical (unpaired) electrons. The summed E-state index contributed by atoms with van der Waals surface area (Å²) in [6.45, 7) is 1.80. The van der Waals surface area contributed by atoms with Crippen molar-refractivity contribution >= 4 is 34.4 Å². The third kappa shape index (κ3) is 3.28. The molecule has 1 heterocycles. The summed E-state index contributed by atoms with van der Waals surface area (Å²) in [5.74, 6) is -0.486. The minimum Gasteiger partial charge on any atom is -0.333 e. The Kier molecular flexibility index (Phi) is 4.11. The Morgan fingerprint density at radius 3 is 2.68 bits per heavy atom. The van der Waals surface area contributed by atoms with Gasteiger partial charge in [-0.25, -0.2) is 9.37 Å². The lowest BCUT2D eigenvalue weighted by molar-refractivity contribution is -0.115. The van der Waals surface area contributed by atoms with Crippen molar-refractivity contribution in [3.05, 3.63) is 54.3 Å². The molecule has 1 atom stereocenters. The smallest absolute Gasteiger partial charge is 0.237 e. The second-order valence-corrected chi connectivity index (χ2v) is 6.14. The number of benzene rings is 2. The molecule has 6 heteroatoms. The Labute approximate surface area is 131 Å². The first-order valence-corrected chi connectivity index (χ1v) is 7.67. The van der Waals surface area contributed by atoms with E-state index in [-0.39, 0.29) is 17.0 Å². The number of carbonyl (C=O) groups excluding carboxylic acids is 1. The number of carbonyl (C=O) groups is 1. The molecule has 0 aliphatic carbocycles. The van der Waals surface area contributed by atoms with Crippen LogP contribution < -0.4 is 5.32 Å². The third-order valence-electron chi connectivity index (χ3n) is 3.14. The molecule has 4 nitrogen and oxygen atoms in total. The normalized spacial score (nSPS) is 12.3. The zero-order chi connectivity index (χ0) is 15.5. The minimum atomic E-state index is -0.331. The van der Waals surface area contributed by atoms with E-state index in [0.29, 0.717) is 10.8 Å². The van der Waals surface area contributed by atoms with Crippen LogP contribution in [0, 0.1) is 5.82 Å². The number of thioether (sulfide) groups is 1. The summed E-state index contributed by atoms with van der Waals surface area (Å²) in [4.78, 5) is 19.8. The Morgan fingerprint density at radius 1 is 1.23 bits per heavy atom. The maximum Gasteiger partial charge on any atom is 0.237 e. The number of halogens is 1. The van der Waals surface area contributed by atoms with Gasteiger partial charge in [0.05, 0.1) is 16.3 Å². The Bertz CT molecular complexity index is 768. The Balaban J connectivity index is 1.66. The average Bonchev–Trinajstić information content (AvgIpc) is 2.91. The van der Waals surface area contributed by atoms with E-state index in [2.05, 4.69) is 15.3 Å². The first-order chi connectivity index (χ1) is 10.6. The molecule has 0 aliphatic heterocycles. The van der Waals surface area contributed by atoms with Crippen LogP contribution in [0.1, 0.15) is 6.92 Å². The van der Waals surface area contributed by atoms with Crippen molar-refractivity contribution in [2.45, 2.75) is 17.3 Å². The Hall–Kier alpha value is -2.34. The largest absolute Gasteiger partial charge is 0.333 e. The fraction of sp³-hybridized carbons (Fsp3) is 0.125. The predicted octanol–water partition coefficient (Wildman–Crippen LogP) is 3.82. The summed E-state index contributed by atoms with van der Waals surface area (Å²) in [6.07, 6.45) is 0. The maximum absolute atomic E-state index is 12.8. The minimum absolute atomic E-state index is 0.155. The zero-order valence-corrected chi connectivity index (χ0v) is 12.7. The van der Waals surface area contributed by atoms with Crippen LogP contribution in [0.15, 0.2) is 53.7 Å². The number of aromatic nitrogens is 2. The number of imidazole rings is 1. The van der Waals surface area contributed by atoms with Crippen molar-refractivity contribution < 1.29 is 9.18 Å². The number of para-hydroxylation sites is 2. The molecule has 3 rings (SSSR count). The number of nitrogens with zero attached hydrogens (tertiary/aromatic N) is 1. The van der Waals surface area contributed by atoms with Crippen LogP contribution in [0.25, 0.3) is 11.0 Å². The monoisotopic (exact) mass is 315 g/mol. The molecule has 0 saturated heterocycles. The highest BCUT2D eigenvalue weighted by Gasteiger charge is 2.16. The van der Waals surface area contributed by atoms with Crippen molar-refractivity contribution in [2.75, 3.05) is 5.32 Å². The van der Waals surface area contributed by atoms with Crippen molar-refractivity contribution in [2.24, 2.45) is 0 Å². The summed E-state index contributed by atoms with van der Waals surface area (Å²) in [6, 6.07) is 13.4. The van der Waals surface area contributed by atoms with Gasteiger partial charge in [0.1, 0.15) is 5.82 Å². The van der Waals surface area contributed by atoms with Gasteiger partial charge in [-0.2, -0.15) is 0 Å². The molecule has 0 aliphatic rings. The van der Waals surface area contributed by atoms with Gasteiger partial charge >= 0.3 is 0 Å². The van der Waals surface area contributed by atoms with E-state index in [4.69, 9.17) is 0 Å². The Morgan fingerprint density at radius 2 is 1.95 bits per heavy atom. The quantitative estimate of drug-likeness (QED) is 0.720.